The maximum absolute atomic E-state index is 7.76. The highest BCUT2D eigenvalue weighted by atomic mass is 16.5. The molecule has 2 fully saturated rings. The van der Waals surface area contributed by atoms with Gasteiger partial charge in [0.05, 0.1) is 17.7 Å². The zero-order valence-corrected chi connectivity index (χ0v) is 19.8. The van der Waals surface area contributed by atoms with E-state index in [1.54, 1.807) is 0 Å². The van der Waals surface area contributed by atoms with Crippen LogP contribution in [0.15, 0.2) is 48.8 Å². The van der Waals surface area contributed by atoms with Crippen LogP contribution >= 0.6 is 0 Å². The van der Waals surface area contributed by atoms with Crippen molar-refractivity contribution < 1.29 is 4.74 Å². The maximum atomic E-state index is 7.76. The van der Waals surface area contributed by atoms with E-state index in [2.05, 4.69) is 59.4 Å². The number of nitrogens with two attached hydrogens (primary N) is 1. The van der Waals surface area contributed by atoms with Crippen LogP contribution in [0.1, 0.15) is 49.3 Å². The quantitative estimate of drug-likeness (QED) is 0.441. The van der Waals surface area contributed by atoms with Crippen molar-refractivity contribution in [3.8, 4) is 0 Å². The van der Waals surface area contributed by atoms with Crippen molar-refractivity contribution >= 4 is 34.3 Å². The number of nitrogens with zero attached hydrogens (tertiary/aromatic N) is 3. The van der Waals surface area contributed by atoms with Crippen LogP contribution in [0.5, 0.6) is 0 Å². The second-order valence-corrected chi connectivity index (χ2v) is 9.55. The number of nitrogens with one attached hydrogen (secondary N) is 2. The predicted molar refractivity (Wildman–Crippen MR) is 137 cm³/mol. The minimum atomic E-state index is 0.206. The van der Waals surface area contributed by atoms with Gasteiger partial charge in [-0.2, -0.15) is 0 Å². The van der Waals surface area contributed by atoms with Gasteiger partial charge in [0.1, 0.15) is 0 Å². The average molecular weight is 457 g/mol. The van der Waals surface area contributed by atoms with Crippen LogP contribution in [0, 0.1) is 5.41 Å². The Balaban J connectivity index is 1.42. The summed E-state index contributed by atoms with van der Waals surface area (Å²) in [7, 11) is 0. The second-order valence-electron chi connectivity index (χ2n) is 9.55. The fourth-order valence-electron chi connectivity index (χ4n) is 4.83. The summed E-state index contributed by atoms with van der Waals surface area (Å²) >= 11 is 0. The van der Waals surface area contributed by atoms with Crippen molar-refractivity contribution in [2.24, 2.45) is 5.73 Å². The summed E-state index contributed by atoms with van der Waals surface area (Å²) in [6, 6.07) is 12.7. The van der Waals surface area contributed by atoms with Gasteiger partial charge in [0, 0.05) is 54.9 Å². The van der Waals surface area contributed by atoms with Gasteiger partial charge in [-0.3, -0.25) is 4.90 Å². The zero-order valence-electron chi connectivity index (χ0n) is 19.8. The van der Waals surface area contributed by atoms with Gasteiger partial charge in [-0.25, -0.2) is 9.97 Å². The van der Waals surface area contributed by atoms with E-state index >= 15 is 0 Å². The van der Waals surface area contributed by atoms with E-state index in [0.29, 0.717) is 17.4 Å². The van der Waals surface area contributed by atoms with Gasteiger partial charge in [-0.05, 0) is 79.6 Å². The fraction of sp³-hybridized carbons (Fsp3) is 0.370. The molecule has 7 nitrogen and oxygen atoms in total. The minimum absolute atomic E-state index is 0.206. The molecule has 5 rings (SSSR count). The Morgan fingerprint density at radius 1 is 1.18 bits per heavy atom. The number of ether oxygens (including phenoxy) is 1. The van der Waals surface area contributed by atoms with E-state index in [4.69, 9.17) is 20.9 Å². The van der Waals surface area contributed by atoms with Gasteiger partial charge < -0.3 is 21.2 Å². The molecule has 0 radical (unpaired) electrons. The average Bonchev–Trinajstić information content (AvgIpc) is 3.64. The molecule has 1 saturated carbocycles. The van der Waals surface area contributed by atoms with Crippen LogP contribution in [-0.2, 0) is 11.3 Å². The number of anilines is 2. The van der Waals surface area contributed by atoms with Gasteiger partial charge in [0.15, 0.2) is 0 Å². The molecule has 1 aromatic heterocycles. The number of fused-ring (bicyclic) bond motifs is 1. The smallest absolute Gasteiger partial charge is 0.227 e. The summed E-state index contributed by atoms with van der Waals surface area (Å²) in [6.07, 6.45) is 7.61. The van der Waals surface area contributed by atoms with Gasteiger partial charge in [0.2, 0.25) is 5.95 Å². The lowest BCUT2D eigenvalue weighted by atomic mass is 10.0. The number of hydrogen-bond donors (Lipinski definition) is 3. The second kappa shape index (κ2) is 9.52. The third-order valence-corrected chi connectivity index (χ3v) is 6.47. The summed E-state index contributed by atoms with van der Waals surface area (Å²) in [6.45, 7) is 6.79. The normalized spacial score (nSPS) is 21.5. The molecule has 2 unspecified atom stereocenters. The molecular weight excluding hydrogens is 424 g/mol. The zero-order chi connectivity index (χ0) is 23.7. The van der Waals surface area contributed by atoms with Crippen molar-refractivity contribution in [3.63, 3.8) is 0 Å². The monoisotopic (exact) mass is 456 g/mol. The van der Waals surface area contributed by atoms with Crippen molar-refractivity contribution in [2.75, 3.05) is 18.4 Å². The molecule has 1 aliphatic carbocycles. The van der Waals surface area contributed by atoms with Crippen LogP contribution in [-0.4, -0.2) is 46.4 Å². The Morgan fingerprint density at radius 3 is 2.68 bits per heavy atom. The van der Waals surface area contributed by atoms with E-state index in [-0.39, 0.29) is 12.2 Å². The molecule has 2 aromatic carbocycles. The standard InChI is InChI=1S/C27H32N6O/c1-17-14-33(15-18(2)34-17)16-19-7-22(24(11-28)12-29)10-25(8-19)31-27-30-13-23-9-21(20-3-4-20)5-6-26(23)32-27/h5-13,17-18,20,28H,3-4,14-16,29H2,1-2H3,(H,30,31,32)/b24-12+,28-11?. The van der Waals surface area contributed by atoms with E-state index < -0.39 is 0 Å². The Morgan fingerprint density at radius 2 is 1.97 bits per heavy atom. The molecule has 176 valence electrons. The van der Waals surface area contributed by atoms with E-state index in [1.165, 1.54) is 30.8 Å². The Labute approximate surface area is 200 Å². The lowest BCUT2D eigenvalue weighted by molar-refractivity contribution is -0.0704. The van der Waals surface area contributed by atoms with Crippen molar-refractivity contribution in [1.82, 2.24) is 14.9 Å². The summed E-state index contributed by atoms with van der Waals surface area (Å²) in [4.78, 5) is 11.7. The van der Waals surface area contributed by atoms with Gasteiger partial charge >= 0.3 is 0 Å². The lowest BCUT2D eigenvalue weighted by Gasteiger charge is -2.35. The highest BCUT2D eigenvalue weighted by Gasteiger charge is 2.24. The summed E-state index contributed by atoms with van der Waals surface area (Å²) in [5.41, 5.74) is 11.7. The highest BCUT2D eigenvalue weighted by molar-refractivity contribution is 6.08. The first-order valence-electron chi connectivity index (χ1n) is 12.0. The van der Waals surface area contributed by atoms with Crippen LogP contribution in [0.4, 0.5) is 11.6 Å². The summed E-state index contributed by atoms with van der Waals surface area (Å²) < 4.78 is 5.89. The third kappa shape index (κ3) is 5.11. The van der Waals surface area contributed by atoms with Crippen LogP contribution in [0.25, 0.3) is 16.5 Å². The fourth-order valence-corrected chi connectivity index (χ4v) is 4.83. The largest absolute Gasteiger partial charge is 0.404 e. The number of allylic oxidation sites excluding steroid dienone is 1. The molecular formula is C27H32N6O. The van der Waals surface area contributed by atoms with Gasteiger partial charge in [-0.15, -0.1) is 0 Å². The van der Waals surface area contributed by atoms with Gasteiger partial charge in [0.25, 0.3) is 0 Å². The molecule has 34 heavy (non-hydrogen) atoms. The molecule has 4 N–H and O–H groups in total. The Hall–Kier alpha value is -3.29. The molecule has 2 atom stereocenters. The molecule has 0 amide bonds. The lowest BCUT2D eigenvalue weighted by Crippen LogP contribution is -2.44. The van der Waals surface area contributed by atoms with E-state index in [1.807, 2.05) is 12.3 Å². The van der Waals surface area contributed by atoms with Crippen molar-refractivity contribution in [3.05, 3.63) is 65.5 Å². The Kier molecular flexibility index (Phi) is 6.30. The summed E-state index contributed by atoms with van der Waals surface area (Å²) in [5.74, 6) is 1.26. The minimum Gasteiger partial charge on any atom is -0.404 e. The van der Waals surface area contributed by atoms with E-state index in [9.17, 15) is 0 Å². The predicted octanol–water partition coefficient (Wildman–Crippen LogP) is 4.81. The third-order valence-electron chi connectivity index (χ3n) is 6.47. The topological polar surface area (TPSA) is 100 Å². The molecule has 0 spiro atoms. The van der Waals surface area contributed by atoms with Crippen LogP contribution in [0.2, 0.25) is 0 Å². The molecule has 2 aliphatic rings. The van der Waals surface area contributed by atoms with Crippen LogP contribution in [0.3, 0.4) is 0 Å². The summed E-state index contributed by atoms with van der Waals surface area (Å²) in [5, 5.41) is 12.2. The van der Waals surface area contributed by atoms with Crippen molar-refractivity contribution in [2.45, 2.75) is 51.4 Å². The number of morpholine rings is 1. The highest BCUT2D eigenvalue weighted by Crippen LogP contribution is 2.40. The first kappa shape index (κ1) is 22.5. The molecule has 3 aromatic rings. The first-order valence-corrected chi connectivity index (χ1v) is 12.0. The first-order chi connectivity index (χ1) is 16.5. The van der Waals surface area contributed by atoms with E-state index in [0.717, 1.165) is 47.4 Å². The molecule has 1 saturated heterocycles. The van der Waals surface area contributed by atoms with Crippen molar-refractivity contribution in [1.29, 1.82) is 5.41 Å². The molecule has 1 aliphatic heterocycles. The SMILES string of the molecule is CC1CN(Cc2cc(Nc3ncc4cc(C5CC5)ccc4n3)cc(/C(C=N)=C/N)c2)CC(C)O1. The number of hydrogen-bond acceptors (Lipinski definition) is 7. The number of rotatable bonds is 7. The number of benzene rings is 2. The molecule has 0 bridgehead atoms. The maximum Gasteiger partial charge on any atom is 0.227 e. The Bertz CT molecular complexity index is 1230. The van der Waals surface area contributed by atoms with Crippen LogP contribution < -0.4 is 11.1 Å². The molecule has 7 heteroatoms. The number of aromatic nitrogens is 2. The molecule has 2 heterocycles. The van der Waals surface area contributed by atoms with Gasteiger partial charge in [-0.1, -0.05) is 6.07 Å².